The Kier molecular flexibility index (Phi) is 4.85. The standard InChI is InChI=1S/C15H15F3N4O2S/c1-4-6-11(25(23,24)5-2)12(19)14-21-10-7-9(15(16,17)18)8-20-13(10)22(14)3/h4,6-8,19H,1,5H2,2-3H3/b11-6+,19-12?. The maximum absolute atomic E-state index is 12.8. The van der Waals surface area contributed by atoms with E-state index < -0.39 is 27.3 Å². The molecule has 0 saturated heterocycles. The lowest BCUT2D eigenvalue weighted by Gasteiger charge is -2.08. The first kappa shape index (κ1) is 18.8. The molecule has 25 heavy (non-hydrogen) atoms. The van der Waals surface area contributed by atoms with E-state index in [1.807, 2.05) is 0 Å². The number of alkyl halides is 3. The van der Waals surface area contributed by atoms with Gasteiger partial charge in [0.25, 0.3) is 0 Å². The normalized spacial score (nSPS) is 13.2. The summed E-state index contributed by atoms with van der Waals surface area (Å²) >= 11 is 0. The quantitative estimate of drug-likeness (QED) is 0.646. The van der Waals surface area contributed by atoms with Gasteiger partial charge in [0.1, 0.15) is 11.2 Å². The number of pyridine rings is 1. The van der Waals surface area contributed by atoms with E-state index in [2.05, 4.69) is 16.5 Å². The van der Waals surface area contributed by atoms with Crippen LogP contribution in [0.2, 0.25) is 0 Å². The number of halogens is 3. The molecule has 0 atom stereocenters. The number of imidazole rings is 1. The number of hydrogen-bond donors (Lipinski definition) is 1. The van der Waals surface area contributed by atoms with Gasteiger partial charge in [0.2, 0.25) is 0 Å². The summed E-state index contributed by atoms with van der Waals surface area (Å²) in [6, 6.07) is 0.810. The highest BCUT2D eigenvalue weighted by atomic mass is 32.2. The van der Waals surface area contributed by atoms with E-state index in [9.17, 15) is 21.6 Å². The molecule has 2 aromatic heterocycles. The molecule has 2 rings (SSSR count). The number of aromatic nitrogens is 3. The first-order valence-electron chi connectivity index (χ1n) is 7.07. The Balaban J connectivity index is 2.64. The average molecular weight is 372 g/mol. The van der Waals surface area contributed by atoms with Crippen LogP contribution in [0.5, 0.6) is 0 Å². The maximum Gasteiger partial charge on any atom is 0.417 e. The van der Waals surface area contributed by atoms with E-state index in [-0.39, 0.29) is 27.6 Å². The highest BCUT2D eigenvalue weighted by molar-refractivity contribution is 7.96. The largest absolute Gasteiger partial charge is 0.417 e. The van der Waals surface area contributed by atoms with Gasteiger partial charge < -0.3 is 4.57 Å². The molecule has 1 N–H and O–H groups in total. The van der Waals surface area contributed by atoms with Gasteiger partial charge in [-0.2, -0.15) is 13.2 Å². The highest BCUT2D eigenvalue weighted by Crippen LogP contribution is 2.30. The molecule has 0 fully saturated rings. The molecule has 0 bridgehead atoms. The molecule has 0 aliphatic rings. The molecule has 0 aliphatic heterocycles. The Morgan fingerprint density at radius 1 is 1.44 bits per heavy atom. The zero-order chi connectivity index (χ0) is 19.0. The summed E-state index contributed by atoms with van der Waals surface area (Å²) in [5, 5.41) is 8.17. The summed E-state index contributed by atoms with van der Waals surface area (Å²) < 4.78 is 64.0. The summed E-state index contributed by atoms with van der Waals surface area (Å²) in [4.78, 5) is 7.40. The Hall–Kier alpha value is -2.49. The van der Waals surface area contributed by atoms with Crippen LogP contribution in [0.15, 0.2) is 35.9 Å². The predicted octanol–water partition coefficient (Wildman–Crippen LogP) is 2.86. The second-order valence-corrected chi connectivity index (χ2v) is 7.35. The van der Waals surface area contributed by atoms with Gasteiger partial charge >= 0.3 is 6.18 Å². The molecule has 0 aromatic carbocycles. The number of rotatable bonds is 5. The zero-order valence-corrected chi connectivity index (χ0v) is 14.2. The van der Waals surface area contributed by atoms with Crippen molar-refractivity contribution in [2.24, 2.45) is 7.05 Å². The minimum absolute atomic E-state index is 0.0797. The fourth-order valence-electron chi connectivity index (χ4n) is 2.17. The first-order valence-corrected chi connectivity index (χ1v) is 8.72. The summed E-state index contributed by atoms with van der Waals surface area (Å²) in [6.07, 6.45) is -1.53. The highest BCUT2D eigenvalue weighted by Gasteiger charge is 2.32. The van der Waals surface area contributed by atoms with E-state index in [1.165, 1.54) is 24.6 Å². The average Bonchev–Trinajstić information content (AvgIpc) is 2.87. The van der Waals surface area contributed by atoms with Crippen molar-refractivity contribution in [1.82, 2.24) is 14.5 Å². The van der Waals surface area contributed by atoms with Gasteiger partial charge in [0.15, 0.2) is 21.3 Å². The molecular formula is C15H15F3N4O2S. The van der Waals surface area contributed by atoms with Crippen molar-refractivity contribution in [1.29, 1.82) is 5.41 Å². The second-order valence-electron chi connectivity index (χ2n) is 5.10. The number of fused-ring (bicyclic) bond motifs is 1. The molecule has 10 heteroatoms. The Morgan fingerprint density at radius 3 is 2.60 bits per heavy atom. The van der Waals surface area contributed by atoms with E-state index in [1.54, 1.807) is 0 Å². The number of nitrogens with one attached hydrogen (secondary N) is 1. The number of aryl methyl sites for hydroxylation is 1. The van der Waals surface area contributed by atoms with Crippen molar-refractivity contribution >= 4 is 26.7 Å². The maximum atomic E-state index is 12.8. The molecule has 2 aromatic rings. The van der Waals surface area contributed by atoms with E-state index >= 15 is 0 Å². The van der Waals surface area contributed by atoms with E-state index in [4.69, 9.17) is 5.41 Å². The molecule has 0 amide bonds. The lowest BCUT2D eigenvalue weighted by atomic mass is 10.2. The SMILES string of the molecule is C=C/C=C(\C(=N)c1nc2cc(C(F)(F)F)cnc2n1C)S(=O)(=O)CC. The number of nitrogens with zero attached hydrogens (tertiary/aromatic N) is 3. The fraction of sp³-hybridized carbons (Fsp3) is 0.267. The van der Waals surface area contributed by atoms with Crippen LogP contribution < -0.4 is 0 Å². The third-order valence-corrected chi connectivity index (χ3v) is 5.26. The molecule has 0 radical (unpaired) electrons. The van der Waals surface area contributed by atoms with Crippen LogP contribution in [0.3, 0.4) is 0 Å². The first-order chi connectivity index (χ1) is 11.5. The van der Waals surface area contributed by atoms with Crippen LogP contribution >= 0.6 is 0 Å². The van der Waals surface area contributed by atoms with Crippen molar-refractivity contribution in [2.75, 3.05) is 5.75 Å². The van der Waals surface area contributed by atoms with E-state index in [0.717, 1.165) is 12.1 Å². The molecule has 0 saturated carbocycles. The van der Waals surface area contributed by atoms with Crippen LogP contribution in [0.25, 0.3) is 11.2 Å². The van der Waals surface area contributed by atoms with Crippen LogP contribution in [-0.2, 0) is 23.1 Å². The van der Waals surface area contributed by atoms with Crippen molar-refractivity contribution < 1.29 is 21.6 Å². The monoisotopic (exact) mass is 372 g/mol. The molecule has 0 spiro atoms. The van der Waals surface area contributed by atoms with Gasteiger partial charge in [-0.05, 0) is 12.1 Å². The lowest BCUT2D eigenvalue weighted by Crippen LogP contribution is -2.18. The van der Waals surface area contributed by atoms with E-state index in [0.29, 0.717) is 6.20 Å². The molecule has 134 valence electrons. The fourth-order valence-corrected chi connectivity index (χ4v) is 3.19. The zero-order valence-electron chi connectivity index (χ0n) is 13.4. The van der Waals surface area contributed by atoms with Gasteiger partial charge in [-0.3, -0.25) is 5.41 Å². The molecular weight excluding hydrogens is 357 g/mol. The summed E-state index contributed by atoms with van der Waals surface area (Å²) in [6.45, 7) is 4.85. The van der Waals surface area contributed by atoms with Gasteiger partial charge in [-0.1, -0.05) is 19.6 Å². The van der Waals surface area contributed by atoms with Crippen LogP contribution in [-0.4, -0.2) is 34.4 Å². The summed E-state index contributed by atoms with van der Waals surface area (Å²) in [7, 11) is -2.30. The summed E-state index contributed by atoms with van der Waals surface area (Å²) in [5.41, 5.74) is -1.38. The van der Waals surface area contributed by atoms with Crippen molar-refractivity contribution in [2.45, 2.75) is 13.1 Å². The number of hydrogen-bond acceptors (Lipinski definition) is 5. The lowest BCUT2D eigenvalue weighted by molar-refractivity contribution is -0.137. The molecule has 2 heterocycles. The molecule has 0 unspecified atom stereocenters. The number of sulfone groups is 1. The minimum Gasteiger partial charge on any atom is -0.311 e. The van der Waals surface area contributed by atoms with Crippen molar-refractivity contribution in [3.63, 3.8) is 0 Å². The third-order valence-electron chi connectivity index (χ3n) is 3.49. The predicted molar refractivity (Wildman–Crippen MR) is 88.1 cm³/mol. The van der Waals surface area contributed by atoms with Gasteiger partial charge in [0, 0.05) is 13.2 Å². The van der Waals surface area contributed by atoms with Crippen LogP contribution in [0.4, 0.5) is 13.2 Å². The Bertz CT molecular complexity index is 988. The van der Waals surface area contributed by atoms with Gasteiger partial charge in [-0.15, -0.1) is 0 Å². The van der Waals surface area contributed by atoms with Crippen LogP contribution in [0, 0.1) is 5.41 Å². The minimum atomic E-state index is -4.58. The van der Waals surface area contributed by atoms with Crippen molar-refractivity contribution in [3.05, 3.63) is 47.3 Å². The Morgan fingerprint density at radius 2 is 2.08 bits per heavy atom. The topological polar surface area (TPSA) is 88.7 Å². The van der Waals surface area contributed by atoms with Gasteiger partial charge in [-0.25, -0.2) is 18.4 Å². The summed E-state index contributed by atoms with van der Waals surface area (Å²) in [5.74, 6) is -0.345. The molecule has 6 nitrogen and oxygen atoms in total. The molecule has 0 aliphatic carbocycles. The third kappa shape index (κ3) is 3.48. The van der Waals surface area contributed by atoms with Gasteiger partial charge in [0.05, 0.1) is 16.2 Å². The number of allylic oxidation sites excluding steroid dienone is 3. The Labute approximate surface area is 142 Å². The van der Waals surface area contributed by atoms with Crippen molar-refractivity contribution in [3.8, 4) is 0 Å². The smallest absolute Gasteiger partial charge is 0.311 e. The van der Waals surface area contributed by atoms with Crippen LogP contribution in [0.1, 0.15) is 18.3 Å². The second kappa shape index (κ2) is 6.43.